The third kappa shape index (κ3) is 3.67. The predicted octanol–water partition coefficient (Wildman–Crippen LogP) is 2.70. The second kappa shape index (κ2) is 7.53. The third-order valence-corrected chi connectivity index (χ3v) is 5.04. The molecule has 0 radical (unpaired) electrons. The van der Waals surface area contributed by atoms with Gasteiger partial charge in [-0.05, 0) is 62.0 Å². The molecule has 0 aliphatic carbocycles. The van der Waals surface area contributed by atoms with Crippen LogP contribution in [-0.4, -0.2) is 45.3 Å². The maximum absolute atomic E-state index is 5.40. The van der Waals surface area contributed by atoms with E-state index in [0.29, 0.717) is 5.41 Å². The molecule has 0 bridgehead atoms. The number of likely N-dealkylation sites (tertiary alicyclic amines) is 1. The van der Waals surface area contributed by atoms with E-state index in [1.54, 1.807) is 14.2 Å². The first-order valence-corrected chi connectivity index (χ1v) is 7.89. The predicted molar refractivity (Wildman–Crippen MR) is 91.2 cm³/mol. The van der Waals surface area contributed by atoms with Crippen LogP contribution in [0.25, 0.3) is 0 Å². The highest BCUT2D eigenvalue weighted by Crippen LogP contribution is 2.39. The normalized spacial score (nSPS) is 20.6. The molecule has 5 heteroatoms. The van der Waals surface area contributed by atoms with Gasteiger partial charge in [0, 0.05) is 13.1 Å². The smallest absolute Gasteiger partial charge is 0.161 e. The van der Waals surface area contributed by atoms with Crippen molar-refractivity contribution in [3.8, 4) is 11.5 Å². The molecule has 1 spiro atoms. The Balaban J connectivity index is 0.00000176. The minimum absolute atomic E-state index is 0. The average Bonchev–Trinajstić information content (AvgIpc) is 2.90. The monoisotopic (exact) mass is 326 g/mol. The molecule has 2 aliphatic rings. The minimum atomic E-state index is 0. The summed E-state index contributed by atoms with van der Waals surface area (Å²) in [7, 11) is 3.38. The number of nitrogens with zero attached hydrogens (tertiary/aromatic N) is 1. The summed E-state index contributed by atoms with van der Waals surface area (Å²) in [6.07, 6.45) is 4.01. The van der Waals surface area contributed by atoms with Gasteiger partial charge in [0.05, 0.1) is 14.2 Å². The van der Waals surface area contributed by atoms with E-state index in [9.17, 15) is 0 Å². The summed E-state index contributed by atoms with van der Waals surface area (Å²) in [6.45, 7) is 5.83. The zero-order valence-electron chi connectivity index (χ0n) is 13.6. The highest BCUT2D eigenvalue weighted by molar-refractivity contribution is 5.85. The molecule has 0 amide bonds. The summed E-state index contributed by atoms with van der Waals surface area (Å²) in [5, 5.41) is 3.48. The highest BCUT2D eigenvalue weighted by atomic mass is 35.5. The zero-order valence-corrected chi connectivity index (χ0v) is 14.4. The number of hydrogen-bond acceptors (Lipinski definition) is 4. The molecule has 22 heavy (non-hydrogen) atoms. The van der Waals surface area contributed by atoms with Crippen LogP contribution in [0.5, 0.6) is 11.5 Å². The quantitative estimate of drug-likeness (QED) is 0.922. The van der Waals surface area contributed by atoms with Crippen LogP contribution >= 0.6 is 12.4 Å². The highest BCUT2D eigenvalue weighted by Gasteiger charge is 2.38. The van der Waals surface area contributed by atoms with E-state index in [1.807, 2.05) is 6.07 Å². The lowest BCUT2D eigenvalue weighted by molar-refractivity contribution is 0.194. The summed E-state index contributed by atoms with van der Waals surface area (Å²) in [5.41, 5.74) is 1.88. The van der Waals surface area contributed by atoms with Crippen molar-refractivity contribution in [1.82, 2.24) is 10.2 Å². The molecule has 1 aromatic rings. The molecule has 1 aromatic carbocycles. The van der Waals surface area contributed by atoms with Crippen molar-refractivity contribution in [2.45, 2.75) is 25.8 Å². The molecule has 1 N–H and O–H groups in total. The molecule has 2 fully saturated rings. The average molecular weight is 327 g/mol. The molecule has 0 unspecified atom stereocenters. The van der Waals surface area contributed by atoms with E-state index in [-0.39, 0.29) is 12.4 Å². The van der Waals surface area contributed by atoms with Gasteiger partial charge in [0.25, 0.3) is 0 Å². The van der Waals surface area contributed by atoms with Crippen molar-refractivity contribution < 1.29 is 9.47 Å². The number of ether oxygens (including phenoxy) is 2. The molecule has 124 valence electrons. The Kier molecular flexibility index (Phi) is 5.95. The van der Waals surface area contributed by atoms with Crippen molar-refractivity contribution >= 4 is 12.4 Å². The molecular weight excluding hydrogens is 300 g/mol. The van der Waals surface area contributed by atoms with E-state index in [2.05, 4.69) is 22.3 Å². The number of benzene rings is 1. The van der Waals surface area contributed by atoms with Gasteiger partial charge in [0.2, 0.25) is 0 Å². The van der Waals surface area contributed by atoms with Gasteiger partial charge in [0.15, 0.2) is 11.5 Å². The molecule has 0 saturated carbocycles. The van der Waals surface area contributed by atoms with Gasteiger partial charge < -0.3 is 14.8 Å². The molecular formula is C17H27ClN2O2. The fraction of sp³-hybridized carbons (Fsp3) is 0.647. The Bertz CT molecular complexity index is 490. The maximum atomic E-state index is 5.40. The zero-order chi connectivity index (χ0) is 14.7. The summed E-state index contributed by atoms with van der Waals surface area (Å²) in [6, 6.07) is 6.26. The first-order valence-electron chi connectivity index (χ1n) is 7.89. The van der Waals surface area contributed by atoms with Crippen LogP contribution in [0, 0.1) is 5.41 Å². The first-order chi connectivity index (χ1) is 10.2. The second-order valence-corrected chi connectivity index (χ2v) is 6.40. The van der Waals surface area contributed by atoms with Gasteiger partial charge in [-0.15, -0.1) is 12.4 Å². The SMILES string of the molecule is COc1ccc(CN2CCC3(CCNCC3)C2)cc1OC.Cl. The molecule has 2 aliphatic heterocycles. The third-order valence-electron chi connectivity index (χ3n) is 5.04. The van der Waals surface area contributed by atoms with Gasteiger partial charge >= 0.3 is 0 Å². The lowest BCUT2D eigenvalue weighted by atomic mass is 9.78. The Labute approximate surface area is 139 Å². The van der Waals surface area contributed by atoms with Gasteiger partial charge in [-0.25, -0.2) is 0 Å². The fourth-order valence-corrected chi connectivity index (χ4v) is 3.77. The maximum Gasteiger partial charge on any atom is 0.161 e. The summed E-state index contributed by atoms with van der Waals surface area (Å²) in [4.78, 5) is 2.59. The van der Waals surface area contributed by atoms with E-state index >= 15 is 0 Å². The van der Waals surface area contributed by atoms with Crippen molar-refractivity contribution in [3.05, 3.63) is 23.8 Å². The number of rotatable bonds is 4. The Morgan fingerprint density at radius 2 is 1.82 bits per heavy atom. The summed E-state index contributed by atoms with van der Waals surface area (Å²) >= 11 is 0. The van der Waals surface area contributed by atoms with Crippen LogP contribution in [0.2, 0.25) is 0 Å². The van der Waals surface area contributed by atoms with Gasteiger partial charge in [-0.1, -0.05) is 6.07 Å². The lowest BCUT2D eigenvalue weighted by Gasteiger charge is -2.34. The second-order valence-electron chi connectivity index (χ2n) is 6.40. The first kappa shape index (κ1) is 17.4. The van der Waals surface area contributed by atoms with Crippen molar-refractivity contribution in [3.63, 3.8) is 0 Å². The molecule has 2 heterocycles. The van der Waals surface area contributed by atoms with Crippen molar-refractivity contribution in [2.75, 3.05) is 40.4 Å². The van der Waals surface area contributed by atoms with Crippen molar-refractivity contribution in [2.24, 2.45) is 5.41 Å². The van der Waals surface area contributed by atoms with Crippen LogP contribution in [-0.2, 0) is 6.54 Å². The topological polar surface area (TPSA) is 33.7 Å². The standard InChI is InChI=1S/C17H26N2O2.ClH/c1-20-15-4-3-14(11-16(15)21-2)12-19-10-7-17(13-19)5-8-18-9-6-17;/h3-4,11,18H,5-10,12-13H2,1-2H3;1H. The molecule has 0 atom stereocenters. The number of methoxy groups -OCH3 is 2. The van der Waals surface area contributed by atoms with Gasteiger partial charge in [-0.2, -0.15) is 0 Å². The molecule has 3 rings (SSSR count). The van der Waals surface area contributed by atoms with Crippen LogP contribution in [0.4, 0.5) is 0 Å². The summed E-state index contributed by atoms with van der Waals surface area (Å²) in [5.74, 6) is 1.63. The van der Waals surface area contributed by atoms with E-state index in [0.717, 1.165) is 18.0 Å². The van der Waals surface area contributed by atoms with E-state index < -0.39 is 0 Å². The molecule has 4 nitrogen and oxygen atoms in total. The Hall–Kier alpha value is -0.970. The minimum Gasteiger partial charge on any atom is -0.493 e. The Morgan fingerprint density at radius 3 is 2.50 bits per heavy atom. The van der Waals surface area contributed by atoms with Crippen molar-refractivity contribution in [1.29, 1.82) is 0 Å². The number of nitrogens with one attached hydrogen (secondary N) is 1. The fourth-order valence-electron chi connectivity index (χ4n) is 3.77. The van der Waals surface area contributed by atoms with Crippen LogP contribution in [0.3, 0.4) is 0 Å². The molecule has 2 saturated heterocycles. The van der Waals surface area contributed by atoms with Gasteiger partial charge in [-0.3, -0.25) is 4.90 Å². The van der Waals surface area contributed by atoms with Crippen LogP contribution in [0.15, 0.2) is 18.2 Å². The largest absolute Gasteiger partial charge is 0.493 e. The van der Waals surface area contributed by atoms with Crippen LogP contribution in [0.1, 0.15) is 24.8 Å². The number of piperidine rings is 1. The van der Waals surface area contributed by atoms with E-state index in [4.69, 9.17) is 9.47 Å². The van der Waals surface area contributed by atoms with Crippen LogP contribution < -0.4 is 14.8 Å². The Morgan fingerprint density at radius 1 is 1.09 bits per heavy atom. The van der Waals surface area contributed by atoms with E-state index in [1.165, 1.54) is 51.0 Å². The van der Waals surface area contributed by atoms with Gasteiger partial charge in [0.1, 0.15) is 0 Å². The number of halogens is 1. The lowest BCUT2D eigenvalue weighted by Crippen LogP contribution is -2.38. The summed E-state index contributed by atoms with van der Waals surface area (Å²) < 4.78 is 10.7. The molecule has 0 aromatic heterocycles. The number of hydrogen-bond donors (Lipinski definition) is 1.